The summed E-state index contributed by atoms with van der Waals surface area (Å²) >= 11 is 3.46. The van der Waals surface area contributed by atoms with Gasteiger partial charge in [0.2, 0.25) is 0 Å². The first-order chi connectivity index (χ1) is 71.5. The molecule has 0 amide bonds. The minimum atomic E-state index is 0.845. The fourth-order valence-corrected chi connectivity index (χ4v) is 15.2. The Kier molecular flexibility index (Phi) is 39.1. The first-order valence-electron chi connectivity index (χ1n) is 45.7. The van der Waals surface area contributed by atoms with Crippen molar-refractivity contribution in [3.8, 4) is 0 Å². The van der Waals surface area contributed by atoms with Crippen molar-refractivity contribution in [2.45, 2.75) is 0 Å². The van der Waals surface area contributed by atoms with E-state index < -0.39 is 0 Å². The molecule has 14 aromatic carbocycles. The summed E-state index contributed by atoms with van der Waals surface area (Å²) in [5.41, 5.74) is 17.6. The van der Waals surface area contributed by atoms with E-state index in [0.29, 0.717) is 0 Å². The topological polar surface area (TPSA) is 296 Å². The Morgan fingerprint density at radius 1 is 0.236 bits per heavy atom. The summed E-state index contributed by atoms with van der Waals surface area (Å²) in [6, 6.07) is 139. The maximum absolute atomic E-state index is 5.12. The summed E-state index contributed by atoms with van der Waals surface area (Å²) in [5.74, 6) is 0. The van der Waals surface area contributed by atoms with Crippen LogP contribution in [0.25, 0.3) is 152 Å². The summed E-state index contributed by atoms with van der Waals surface area (Å²) in [6.45, 7) is 0. The number of aromatic nitrogens is 20. The number of hydrogen-bond acceptors (Lipinski definition) is 20. The molecule has 16 heterocycles. The number of aromatic amines is 4. The van der Waals surface area contributed by atoms with Crippen LogP contribution in [-0.2, 0) is 0 Å². The monoisotopic (exact) mass is 1910 g/mol. The van der Waals surface area contributed by atoms with Crippen molar-refractivity contribution in [2.75, 3.05) is 0 Å². The molecule has 0 aliphatic carbocycles. The molecule has 4 N–H and O–H groups in total. The molecule has 0 aliphatic rings. The number of para-hydroxylation sites is 15. The molecule has 16 aromatic heterocycles. The van der Waals surface area contributed by atoms with Crippen molar-refractivity contribution in [1.82, 2.24) is 100 Å². The maximum atomic E-state index is 5.12. The van der Waals surface area contributed by atoms with Crippen LogP contribution in [0.15, 0.2) is 569 Å². The van der Waals surface area contributed by atoms with Gasteiger partial charge in [-0.3, -0.25) is 40.0 Å². The lowest BCUT2D eigenvalue weighted by Gasteiger charge is -1.99. The van der Waals surface area contributed by atoms with E-state index in [0.717, 1.165) is 77.1 Å². The molecule has 30 rings (SSSR count). The summed E-state index contributed by atoms with van der Waals surface area (Å²) in [6.07, 6.45) is 35.7. The Morgan fingerprint density at radius 3 is 1.30 bits per heavy atom. The number of hydrogen-bond donors (Lipinski definition) is 4. The average molecular weight is 1910 g/mol. The number of pyridine rings is 4. The highest BCUT2D eigenvalue weighted by atomic mass is 32.1. The molecule has 0 spiro atoms. The molecule has 144 heavy (non-hydrogen) atoms. The van der Waals surface area contributed by atoms with Crippen LogP contribution in [0.2, 0.25) is 0 Å². The Labute approximate surface area is 837 Å². The highest BCUT2D eigenvalue weighted by Crippen LogP contribution is 2.26. The van der Waals surface area contributed by atoms with Gasteiger partial charge in [0.05, 0.1) is 78.6 Å². The second-order valence-electron chi connectivity index (χ2n) is 30.3. The lowest BCUT2D eigenvalue weighted by atomic mass is 10.1. The SMILES string of the molecule is c1ccc2[nH]ccc2c1.c1ccc2[nH]cnc2c1.c1ccc2[nH]ncc2c1.c1ccc2c(c1)[nH]c1ccccc12.c1ccc2cnccc2c1.c1ccc2nc3ccccc3cc2c1.c1ccc2ncccc2c1.c1ccc2nccnc2c1.c1ccc2occc2c1.c1ccc2ocnc2c1.c1ccc2sccc2c1.c1ccc2scnc2c1.c1ccncc1.c1ccnnc1.c1cnccn1.c1cncnc1. The maximum Gasteiger partial charge on any atom is 0.181 e. The van der Waals surface area contributed by atoms with Gasteiger partial charge in [-0.2, -0.15) is 15.3 Å². The van der Waals surface area contributed by atoms with Crippen LogP contribution in [0.4, 0.5) is 0 Å². The van der Waals surface area contributed by atoms with Gasteiger partial charge >= 0.3 is 0 Å². The van der Waals surface area contributed by atoms with Gasteiger partial charge in [-0.05, 0) is 197 Å². The number of imidazole rings is 1. The van der Waals surface area contributed by atoms with E-state index in [1.807, 2.05) is 303 Å². The third-order valence-electron chi connectivity index (χ3n) is 20.6. The van der Waals surface area contributed by atoms with E-state index in [1.54, 1.807) is 116 Å². The Hall–Kier alpha value is -19.6. The van der Waals surface area contributed by atoms with Crippen molar-refractivity contribution in [3.05, 3.63) is 560 Å². The molecule has 0 saturated heterocycles. The molecule has 30 aromatic rings. The number of rotatable bonds is 0. The van der Waals surface area contributed by atoms with Gasteiger partial charge in [0.15, 0.2) is 12.0 Å². The molecule has 22 nitrogen and oxygen atoms in total. The number of fused-ring (bicyclic) bond motifs is 15. The van der Waals surface area contributed by atoms with Crippen LogP contribution in [-0.4, -0.2) is 100 Å². The number of benzene rings is 14. The van der Waals surface area contributed by atoms with Gasteiger partial charge in [-0.25, -0.2) is 29.9 Å². The van der Waals surface area contributed by atoms with Crippen LogP contribution in [0.5, 0.6) is 0 Å². The molecule has 0 saturated carbocycles. The van der Waals surface area contributed by atoms with Crippen molar-refractivity contribution in [2.24, 2.45) is 0 Å². The highest BCUT2D eigenvalue weighted by molar-refractivity contribution is 7.17. The lowest BCUT2D eigenvalue weighted by Crippen LogP contribution is -1.80. The molecule has 0 unspecified atom stereocenters. The molecule has 0 fully saturated rings. The van der Waals surface area contributed by atoms with Crippen LogP contribution in [0.1, 0.15) is 0 Å². The molecule has 0 atom stereocenters. The molecular formula is C120H96N20O2S2. The quantitative estimate of drug-likeness (QED) is 0.103. The number of thiophene rings is 1. The number of furan rings is 1. The predicted molar refractivity (Wildman–Crippen MR) is 591 cm³/mol. The van der Waals surface area contributed by atoms with E-state index >= 15 is 0 Å². The number of H-pyrrole nitrogens is 4. The first kappa shape index (κ1) is 98.9. The smallest absolute Gasteiger partial charge is 0.181 e. The first-order valence-corrected chi connectivity index (χ1v) is 47.4. The number of oxazole rings is 1. The average Bonchev–Trinajstić information content (AvgIpc) is 1.61. The summed E-state index contributed by atoms with van der Waals surface area (Å²) in [5, 5.41) is 29.5. The molecule has 0 radical (unpaired) electrons. The van der Waals surface area contributed by atoms with Crippen LogP contribution >= 0.6 is 22.7 Å². The van der Waals surface area contributed by atoms with E-state index in [1.165, 1.54) is 87.1 Å². The summed E-state index contributed by atoms with van der Waals surface area (Å²) in [4.78, 5) is 61.2. The van der Waals surface area contributed by atoms with Crippen molar-refractivity contribution in [1.29, 1.82) is 0 Å². The van der Waals surface area contributed by atoms with Gasteiger partial charge in [0, 0.05) is 158 Å². The normalized spacial score (nSPS) is 9.94. The second-order valence-corrected chi connectivity index (χ2v) is 32.1. The third-order valence-corrected chi connectivity index (χ3v) is 22.3. The zero-order valence-electron chi connectivity index (χ0n) is 77.9. The minimum Gasteiger partial charge on any atom is -0.464 e. The lowest BCUT2D eigenvalue weighted by molar-refractivity contribution is 0.602. The van der Waals surface area contributed by atoms with Crippen LogP contribution in [0.3, 0.4) is 0 Å². The molecule has 700 valence electrons. The molecule has 24 heteroatoms. The standard InChI is InChI=1S/C13H9N.C12H9N.2C9H7N.C8H6N2.C8H7N.C8H6O.C8H6S.2C7H6N2.C7H5NO.C7H5NS.C5H5N.3C4H4N2/c1-3-7-12-10(5-1)9-11-6-2-4-8-13(11)14-12;1-3-7-11-9(5-1)10-6-2-4-8-12(10)13-11;1-2-6-9-8(4-1)5-3-7-10-9;1-2-4-9-7-10-6-5-8(9)3-1;1-2-4-8-7(3-1)9-5-6-10-8;3*1-2-4-8-7(3-1)5-6-9-8;1-2-4-7-6(3-1)8-5-9-7;1-2-4-7-6(3-1)5-8-9-7;2*1-2-4-7-6(3-1)8-5-9-7;1-2-4-6-5-3-1;1-2-6-4-3-5-1;1-2-5-4-6-3-1;1-2-4-6-5-3-1/h1-9H;1-8,13H;2*1-7H;1-6H;1-6,9H;2*1-6H;2*1-5H,(H,8,9);2*1-5H;1-5H;3*1-4H. The Balaban J connectivity index is 0.000000116. The van der Waals surface area contributed by atoms with Gasteiger partial charge < -0.3 is 23.8 Å². The van der Waals surface area contributed by atoms with E-state index in [9.17, 15) is 0 Å². The minimum absolute atomic E-state index is 0.845. The molecule has 0 aliphatic heterocycles. The molecular weight excluding hydrogens is 1820 g/mol. The number of thiazole rings is 1. The predicted octanol–water partition coefficient (Wildman–Crippen LogP) is 30.1. The van der Waals surface area contributed by atoms with Gasteiger partial charge in [0.1, 0.15) is 17.4 Å². The Bertz CT molecular complexity index is 7160. The Morgan fingerprint density at radius 2 is 0.736 bits per heavy atom. The van der Waals surface area contributed by atoms with Crippen LogP contribution in [0, 0.1) is 0 Å². The van der Waals surface area contributed by atoms with E-state index in [4.69, 9.17) is 8.83 Å². The van der Waals surface area contributed by atoms with Crippen molar-refractivity contribution >= 4 is 174 Å². The highest BCUT2D eigenvalue weighted by Gasteiger charge is 2.03. The van der Waals surface area contributed by atoms with Crippen molar-refractivity contribution in [3.63, 3.8) is 0 Å². The fourth-order valence-electron chi connectivity index (χ4n) is 13.7. The van der Waals surface area contributed by atoms with E-state index in [2.05, 4.69) is 251 Å². The third kappa shape index (κ3) is 32.0. The zero-order valence-corrected chi connectivity index (χ0v) is 79.5. The largest absolute Gasteiger partial charge is 0.464 e. The van der Waals surface area contributed by atoms with Gasteiger partial charge in [0.25, 0.3) is 0 Å². The number of nitrogens with zero attached hydrogens (tertiary/aromatic N) is 16. The number of nitrogens with one attached hydrogen (secondary N) is 4. The summed E-state index contributed by atoms with van der Waals surface area (Å²) < 4.78 is 12.8. The van der Waals surface area contributed by atoms with Gasteiger partial charge in [-0.1, -0.05) is 249 Å². The van der Waals surface area contributed by atoms with Gasteiger partial charge in [-0.15, -0.1) is 22.7 Å². The zero-order chi connectivity index (χ0) is 98.2. The van der Waals surface area contributed by atoms with Crippen LogP contribution < -0.4 is 0 Å². The molecule has 0 bridgehead atoms. The van der Waals surface area contributed by atoms with Crippen molar-refractivity contribution < 1.29 is 8.83 Å². The summed E-state index contributed by atoms with van der Waals surface area (Å²) in [7, 11) is 0. The second kappa shape index (κ2) is 56.8. The van der Waals surface area contributed by atoms with E-state index in [-0.39, 0.29) is 0 Å². The fraction of sp³-hybridized carbons (Fsp3) is 0.